The molecule has 1 heterocycles. The zero-order valence-electron chi connectivity index (χ0n) is 10.9. The Morgan fingerprint density at radius 1 is 1.22 bits per heavy atom. The molecule has 2 aromatic rings. The molecule has 0 fully saturated rings. The molecule has 0 N–H and O–H groups in total. The van der Waals surface area contributed by atoms with Gasteiger partial charge in [0.25, 0.3) is 0 Å². The van der Waals surface area contributed by atoms with Crippen molar-refractivity contribution >= 4 is 17.1 Å². The summed E-state index contributed by atoms with van der Waals surface area (Å²) in [7, 11) is 0. The standard InChI is InChI=1S/C15H17NOS/c1-15(2,3)12-6-4-11(5-7-12)8-14(17)13-9-18-10-16-13/h4-7,9-10H,8H2,1-3H3. The normalized spacial score (nSPS) is 11.5. The van der Waals surface area contributed by atoms with Crippen LogP contribution in [-0.4, -0.2) is 10.8 Å². The van der Waals surface area contributed by atoms with Gasteiger partial charge in [-0.05, 0) is 16.5 Å². The van der Waals surface area contributed by atoms with Crippen molar-refractivity contribution in [2.45, 2.75) is 32.6 Å². The Labute approximate surface area is 112 Å². The highest BCUT2D eigenvalue weighted by Crippen LogP contribution is 2.22. The van der Waals surface area contributed by atoms with Crippen LogP contribution in [0.25, 0.3) is 0 Å². The lowest BCUT2D eigenvalue weighted by molar-refractivity contribution is 0.0989. The smallest absolute Gasteiger partial charge is 0.186 e. The van der Waals surface area contributed by atoms with Gasteiger partial charge in [-0.2, -0.15) is 0 Å². The van der Waals surface area contributed by atoms with Crippen molar-refractivity contribution in [2.75, 3.05) is 0 Å². The van der Waals surface area contributed by atoms with Crippen molar-refractivity contribution in [1.29, 1.82) is 0 Å². The second-order valence-corrected chi connectivity index (χ2v) is 6.14. The van der Waals surface area contributed by atoms with Gasteiger partial charge in [0.05, 0.1) is 5.51 Å². The summed E-state index contributed by atoms with van der Waals surface area (Å²) < 4.78 is 0. The molecule has 1 aromatic heterocycles. The van der Waals surface area contributed by atoms with E-state index in [0.29, 0.717) is 12.1 Å². The minimum absolute atomic E-state index is 0.0831. The van der Waals surface area contributed by atoms with E-state index in [1.165, 1.54) is 16.9 Å². The van der Waals surface area contributed by atoms with Gasteiger partial charge in [0, 0.05) is 11.8 Å². The SMILES string of the molecule is CC(C)(C)c1ccc(CC(=O)c2cscn2)cc1. The highest BCUT2D eigenvalue weighted by molar-refractivity contribution is 7.07. The average Bonchev–Trinajstić information content (AvgIpc) is 2.82. The maximum atomic E-state index is 11.9. The van der Waals surface area contributed by atoms with E-state index in [0.717, 1.165) is 5.56 Å². The first-order valence-corrected chi connectivity index (χ1v) is 6.92. The van der Waals surface area contributed by atoms with E-state index in [2.05, 4.69) is 37.9 Å². The topological polar surface area (TPSA) is 30.0 Å². The van der Waals surface area contributed by atoms with Crippen LogP contribution in [-0.2, 0) is 11.8 Å². The lowest BCUT2D eigenvalue weighted by atomic mass is 9.86. The number of hydrogen-bond donors (Lipinski definition) is 0. The van der Waals surface area contributed by atoms with Crippen molar-refractivity contribution in [3.63, 3.8) is 0 Å². The minimum atomic E-state index is 0.0831. The van der Waals surface area contributed by atoms with Crippen molar-refractivity contribution < 1.29 is 4.79 Å². The van der Waals surface area contributed by atoms with E-state index in [-0.39, 0.29) is 11.2 Å². The third-order valence-corrected chi connectivity index (χ3v) is 3.49. The minimum Gasteiger partial charge on any atom is -0.292 e. The Morgan fingerprint density at radius 3 is 2.39 bits per heavy atom. The zero-order chi connectivity index (χ0) is 13.2. The van der Waals surface area contributed by atoms with E-state index in [1.807, 2.05) is 12.1 Å². The first-order chi connectivity index (χ1) is 8.47. The van der Waals surface area contributed by atoms with Crippen molar-refractivity contribution in [3.8, 4) is 0 Å². The fraction of sp³-hybridized carbons (Fsp3) is 0.333. The first-order valence-electron chi connectivity index (χ1n) is 5.97. The van der Waals surface area contributed by atoms with Crippen molar-refractivity contribution in [1.82, 2.24) is 4.98 Å². The first kappa shape index (κ1) is 13.0. The van der Waals surface area contributed by atoms with Gasteiger partial charge in [0.1, 0.15) is 5.69 Å². The predicted octanol–water partition coefficient (Wildman–Crippen LogP) is 3.87. The number of nitrogens with zero attached hydrogens (tertiary/aromatic N) is 1. The van der Waals surface area contributed by atoms with Gasteiger partial charge in [-0.1, -0.05) is 45.0 Å². The van der Waals surface area contributed by atoms with Gasteiger partial charge in [0.2, 0.25) is 0 Å². The maximum Gasteiger partial charge on any atom is 0.186 e. The lowest BCUT2D eigenvalue weighted by Crippen LogP contribution is -2.11. The number of rotatable bonds is 3. The number of aromatic nitrogens is 1. The molecular weight excluding hydrogens is 242 g/mol. The molecule has 2 rings (SSSR count). The number of hydrogen-bond acceptors (Lipinski definition) is 3. The Bertz CT molecular complexity index is 521. The van der Waals surface area contributed by atoms with E-state index < -0.39 is 0 Å². The van der Waals surface area contributed by atoms with Crippen LogP contribution < -0.4 is 0 Å². The third-order valence-electron chi connectivity index (χ3n) is 2.90. The number of thiazole rings is 1. The summed E-state index contributed by atoms with van der Waals surface area (Å²) >= 11 is 1.45. The monoisotopic (exact) mass is 259 g/mol. The Balaban J connectivity index is 2.09. The van der Waals surface area contributed by atoms with E-state index in [4.69, 9.17) is 0 Å². The van der Waals surface area contributed by atoms with Crippen LogP contribution in [0.15, 0.2) is 35.2 Å². The summed E-state index contributed by atoms with van der Waals surface area (Å²) in [5.74, 6) is 0.0831. The largest absolute Gasteiger partial charge is 0.292 e. The van der Waals surface area contributed by atoms with Gasteiger partial charge < -0.3 is 0 Å². The number of ketones is 1. The average molecular weight is 259 g/mol. The molecule has 0 radical (unpaired) electrons. The van der Waals surface area contributed by atoms with Gasteiger partial charge in [-0.3, -0.25) is 4.79 Å². The summed E-state index contributed by atoms with van der Waals surface area (Å²) in [5, 5.41) is 1.80. The molecule has 0 unspecified atom stereocenters. The fourth-order valence-corrected chi connectivity index (χ4v) is 2.31. The van der Waals surface area contributed by atoms with Crippen LogP contribution in [0, 0.1) is 0 Å². The molecule has 0 bridgehead atoms. The Morgan fingerprint density at radius 2 is 1.89 bits per heavy atom. The number of Topliss-reactive ketones (excluding diaryl/α,β-unsaturated/α-hetero) is 1. The molecule has 0 aliphatic rings. The molecule has 2 nitrogen and oxygen atoms in total. The Hall–Kier alpha value is -1.48. The van der Waals surface area contributed by atoms with Crippen LogP contribution in [0.4, 0.5) is 0 Å². The molecule has 0 aliphatic heterocycles. The van der Waals surface area contributed by atoms with E-state index in [9.17, 15) is 4.79 Å². The molecule has 3 heteroatoms. The van der Waals surface area contributed by atoms with E-state index >= 15 is 0 Å². The van der Waals surface area contributed by atoms with Crippen molar-refractivity contribution in [2.24, 2.45) is 0 Å². The molecule has 0 saturated heterocycles. The predicted molar refractivity (Wildman–Crippen MR) is 75.3 cm³/mol. The quantitative estimate of drug-likeness (QED) is 0.783. The molecule has 0 amide bonds. The molecule has 1 aromatic carbocycles. The molecular formula is C15H17NOS. The summed E-state index contributed by atoms with van der Waals surface area (Å²) in [6.07, 6.45) is 0.425. The number of carbonyl (C=O) groups excluding carboxylic acids is 1. The van der Waals surface area contributed by atoms with Gasteiger partial charge in [-0.15, -0.1) is 11.3 Å². The molecule has 18 heavy (non-hydrogen) atoms. The van der Waals surface area contributed by atoms with Crippen LogP contribution in [0.3, 0.4) is 0 Å². The summed E-state index contributed by atoms with van der Waals surface area (Å²) in [6.45, 7) is 6.55. The van der Waals surface area contributed by atoms with Crippen LogP contribution in [0.5, 0.6) is 0 Å². The molecule has 0 spiro atoms. The summed E-state index contributed by atoms with van der Waals surface area (Å²) in [5.41, 5.74) is 4.74. The van der Waals surface area contributed by atoms with Crippen LogP contribution >= 0.6 is 11.3 Å². The number of carbonyl (C=O) groups is 1. The lowest BCUT2D eigenvalue weighted by Gasteiger charge is -2.19. The van der Waals surface area contributed by atoms with Crippen LogP contribution in [0.2, 0.25) is 0 Å². The molecule has 0 atom stereocenters. The molecule has 0 saturated carbocycles. The van der Waals surface area contributed by atoms with E-state index in [1.54, 1.807) is 10.9 Å². The second kappa shape index (κ2) is 5.02. The van der Waals surface area contributed by atoms with Gasteiger partial charge >= 0.3 is 0 Å². The van der Waals surface area contributed by atoms with Gasteiger partial charge in [-0.25, -0.2) is 4.98 Å². The second-order valence-electron chi connectivity index (χ2n) is 5.42. The molecule has 94 valence electrons. The summed E-state index contributed by atoms with van der Waals surface area (Å²) in [6, 6.07) is 8.27. The maximum absolute atomic E-state index is 11.9. The van der Waals surface area contributed by atoms with Gasteiger partial charge in [0.15, 0.2) is 5.78 Å². The highest BCUT2D eigenvalue weighted by Gasteiger charge is 2.14. The Kier molecular flexibility index (Phi) is 3.62. The number of benzene rings is 1. The zero-order valence-corrected chi connectivity index (χ0v) is 11.8. The summed E-state index contributed by atoms with van der Waals surface area (Å²) in [4.78, 5) is 15.9. The molecule has 0 aliphatic carbocycles. The fourth-order valence-electron chi connectivity index (χ4n) is 1.75. The van der Waals surface area contributed by atoms with Crippen molar-refractivity contribution in [3.05, 3.63) is 52.0 Å². The highest BCUT2D eigenvalue weighted by atomic mass is 32.1. The third kappa shape index (κ3) is 3.05. The van der Waals surface area contributed by atoms with Crippen LogP contribution in [0.1, 0.15) is 42.4 Å².